The minimum atomic E-state index is -3.48. The highest BCUT2D eigenvalue weighted by Crippen LogP contribution is 2.31. The molecule has 0 radical (unpaired) electrons. The third-order valence-corrected chi connectivity index (χ3v) is 9.72. The SMILES string of the molecule is CN(C)CCn1cc(C#Cc2cnc(Nc3ccnc(-c4cnn(S(=O)(=O)C5CC5)c4)n3)cc2N2CCCC(CO)C2)cn1. The van der Waals surface area contributed by atoms with Crippen LogP contribution in [-0.4, -0.2) is 97.9 Å². The highest BCUT2D eigenvalue weighted by Gasteiger charge is 2.37. The summed E-state index contributed by atoms with van der Waals surface area (Å²) in [5, 5.41) is 21.2. The molecule has 0 aromatic carbocycles. The van der Waals surface area contributed by atoms with Crippen LogP contribution in [0, 0.1) is 17.8 Å². The average Bonchev–Trinajstić information content (AvgIpc) is 3.60. The number of anilines is 3. The zero-order valence-electron chi connectivity index (χ0n) is 24.8. The monoisotopic (exact) mass is 616 g/mol. The van der Waals surface area contributed by atoms with E-state index in [0.717, 1.165) is 59.9 Å². The molecule has 0 bridgehead atoms. The molecule has 5 heterocycles. The Morgan fingerprint density at radius 1 is 1.07 bits per heavy atom. The second-order valence-corrected chi connectivity index (χ2v) is 13.6. The lowest BCUT2D eigenvalue weighted by molar-refractivity contribution is 0.208. The van der Waals surface area contributed by atoms with Crippen molar-refractivity contribution in [1.82, 2.24) is 38.8 Å². The number of hydrogen-bond acceptors (Lipinski definition) is 11. The van der Waals surface area contributed by atoms with Crippen molar-refractivity contribution in [1.29, 1.82) is 0 Å². The van der Waals surface area contributed by atoms with Crippen molar-refractivity contribution in [2.24, 2.45) is 5.92 Å². The Morgan fingerprint density at radius 2 is 1.93 bits per heavy atom. The van der Waals surface area contributed by atoms with Crippen LogP contribution in [0.25, 0.3) is 11.4 Å². The first-order chi connectivity index (χ1) is 21.3. The van der Waals surface area contributed by atoms with Crippen LogP contribution in [0.3, 0.4) is 0 Å². The van der Waals surface area contributed by atoms with Crippen LogP contribution in [0.1, 0.15) is 36.8 Å². The van der Waals surface area contributed by atoms with Crippen LogP contribution in [-0.2, 0) is 16.6 Å². The molecular weight excluding hydrogens is 580 g/mol. The van der Waals surface area contributed by atoms with Gasteiger partial charge in [0, 0.05) is 50.9 Å². The summed E-state index contributed by atoms with van der Waals surface area (Å²) in [4.78, 5) is 17.9. The molecule has 4 aromatic heterocycles. The fraction of sp³-hybridized carbons (Fsp3) is 0.433. The molecule has 1 atom stereocenters. The molecular formula is C30H36N10O3S. The van der Waals surface area contributed by atoms with Crippen LogP contribution in [0.4, 0.5) is 17.3 Å². The number of likely N-dealkylation sites (N-methyl/N-ethyl adjacent to an activating group) is 1. The smallest absolute Gasteiger partial charge is 0.256 e. The van der Waals surface area contributed by atoms with E-state index in [9.17, 15) is 13.5 Å². The number of nitrogens with one attached hydrogen (secondary N) is 1. The third-order valence-electron chi connectivity index (χ3n) is 7.69. The molecule has 2 N–H and O–H groups in total. The Kier molecular flexibility index (Phi) is 8.60. The molecule has 1 aliphatic heterocycles. The van der Waals surface area contributed by atoms with Gasteiger partial charge in [-0.05, 0) is 51.8 Å². The molecule has 1 unspecified atom stereocenters. The highest BCUT2D eigenvalue weighted by atomic mass is 32.2. The zero-order valence-corrected chi connectivity index (χ0v) is 25.7. The molecule has 4 aromatic rings. The van der Waals surface area contributed by atoms with Gasteiger partial charge in [-0.3, -0.25) is 4.68 Å². The fourth-order valence-corrected chi connectivity index (χ4v) is 6.55. The first-order valence-corrected chi connectivity index (χ1v) is 16.2. The predicted molar refractivity (Wildman–Crippen MR) is 167 cm³/mol. The molecule has 44 heavy (non-hydrogen) atoms. The lowest BCUT2D eigenvalue weighted by Gasteiger charge is -2.34. The molecule has 1 saturated carbocycles. The van der Waals surface area contributed by atoms with Gasteiger partial charge in [0.1, 0.15) is 11.6 Å². The van der Waals surface area contributed by atoms with Gasteiger partial charge in [0.2, 0.25) is 0 Å². The van der Waals surface area contributed by atoms with Gasteiger partial charge in [-0.2, -0.15) is 14.3 Å². The normalized spacial score (nSPS) is 17.0. The van der Waals surface area contributed by atoms with E-state index >= 15 is 0 Å². The standard InChI is InChI=1S/C30H36N10O3S/c1-37(2)12-13-39-19-22(15-33-39)5-6-24-16-32-29(14-27(24)38-11-3-4-23(18-38)21-41)35-28-9-10-31-30(36-28)25-17-34-40(20-25)44(42,43)26-7-8-26/h9-10,14-17,19-20,23,26,41H,3-4,7-8,11-13,18,21H2,1-2H3,(H,31,32,35,36). The number of piperidine rings is 1. The largest absolute Gasteiger partial charge is 0.396 e. The van der Waals surface area contributed by atoms with Gasteiger partial charge in [0.15, 0.2) is 5.82 Å². The van der Waals surface area contributed by atoms with E-state index in [0.29, 0.717) is 35.9 Å². The lowest BCUT2D eigenvalue weighted by Crippen LogP contribution is -2.37. The van der Waals surface area contributed by atoms with Gasteiger partial charge < -0.3 is 20.2 Å². The third kappa shape index (κ3) is 6.91. The van der Waals surface area contributed by atoms with E-state index < -0.39 is 10.0 Å². The summed E-state index contributed by atoms with van der Waals surface area (Å²) in [6.45, 7) is 3.38. The predicted octanol–water partition coefficient (Wildman–Crippen LogP) is 2.19. The van der Waals surface area contributed by atoms with Crippen LogP contribution >= 0.6 is 0 Å². The van der Waals surface area contributed by atoms with Crippen LogP contribution < -0.4 is 10.2 Å². The molecule has 14 heteroatoms. The molecule has 2 fully saturated rings. The molecule has 0 amide bonds. The summed E-state index contributed by atoms with van der Waals surface area (Å²) in [6, 6.07) is 3.67. The Morgan fingerprint density at radius 3 is 2.73 bits per heavy atom. The molecule has 1 aliphatic carbocycles. The summed E-state index contributed by atoms with van der Waals surface area (Å²) in [6.07, 6.45) is 13.3. The Balaban J connectivity index is 1.25. The van der Waals surface area contributed by atoms with E-state index in [1.54, 1.807) is 24.7 Å². The van der Waals surface area contributed by atoms with Crippen molar-refractivity contribution in [2.45, 2.75) is 37.5 Å². The second-order valence-electron chi connectivity index (χ2n) is 11.5. The lowest BCUT2D eigenvalue weighted by atomic mass is 9.98. The fourth-order valence-electron chi connectivity index (χ4n) is 5.07. The van der Waals surface area contributed by atoms with Crippen molar-refractivity contribution in [2.75, 3.05) is 50.6 Å². The van der Waals surface area contributed by atoms with E-state index in [-0.39, 0.29) is 17.8 Å². The number of pyridine rings is 1. The number of nitrogens with zero attached hydrogens (tertiary/aromatic N) is 9. The van der Waals surface area contributed by atoms with Crippen molar-refractivity contribution >= 4 is 27.3 Å². The molecule has 6 rings (SSSR count). The van der Waals surface area contributed by atoms with Crippen LogP contribution in [0.5, 0.6) is 0 Å². The Hall–Kier alpha value is -4.32. The van der Waals surface area contributed by atoms with Gasteiger partial charge in [0.05, 0.1) is 52.8 Å². The minimum Gasteiger partial charge on any atom is -0.396 e. The summed E-state index contributed by atoms with van der Waals surface area (Å²) >= 11 is 0. The van der Waals surface area contributed by atoms with Crippen molar-refractivity contribution in [3.8, 4) is 23.2 Å². The molecule has 0 spiro atoms. The molecule has 230 valence electrons. The van der Waals surface area contributed by atoms with E-state index in [1.165, 1.54) is 12.4 Å². The maximum absolute atomic E-state index is 12.6. The number of aromatic nitrogens is 7. The van der Waals surface area contributed by atoms with E-state index in [4.69, 9.17) is 0 Å². The molecule has 2 aliphatic rings. The summed E-state index contributed by atoms with van der Waals surface area (Å²) < 4.78 is 28.0. The van der Waals surface area contributed by atoms with Gasteiger partial charge in [-0.25, -0.2) is 23.4 Å². The summed E-state index contributed by atoms with van der Waals surface area (Å²) in [5.41, 5.74) is 3.04. The molecule has 1 saturated heterocycles. The summed E-state index contributed by atoms with van der Waals surface area (Å²) in [5.74, 6) is 8.15. The Labute approximate surface area is 257 Å². The molecule has 13 nitrogen and oxygen atoms in total. The van der Waals surface area contributed by atoms with Crippen molar-refractivity contribution in [3.05, 3.63) is 60.4 Å². The maximum atomic E-state index is 12.6. The van der Waals surface area contributed by atoms with E-state index in [2.05, 4.69) is 52.1 Å². The maximum Gasteiger partial charge on any atom is 0.256 e. The number of aliphatic hydroxyl groups is 1. The minimum absolute atomic E-state index is 0.141. The summed E-state index contributed by atoms with van der Waals surface area (Å²) in [7, 11) is 0.583. The Bertz CT molecular complexity index is 1790. The first kappa shape index (κ1) is 29.7. The van der Waals surface area contributed by atoms with Crippen molar-refractivity contribution < 1.29 is 13.5 Å². The van der Waals surface area contributed by atoms with Crippen molar-refractivity contribution in [3.63, 3.8) is 0 Å². The quantitative estimate of drug-likeness (QED) is 0.253. The number of hydrogen-bond donors (Lipinski definition) is 2. The van der Waals surface area contributed by atoms with Crippen LogP contribution in [0.2, 0.25) is 0 Å². The van der Waals surface area contributed by atoms with Gasteiger partial charge in [0.25, 0.3) is 10.0 Å². The van der Waals surface area contributed by atoms with Gasteiger partial charge >= 0.3 is 0 Å². The number of aliphatic hydroxyl groups excluding tert-OH is 1. The second kappa shape index (κ2) is 12.7. The van der Waals surface area contributed by atoms with Gasteiger partial charge in [-0.15, -0.1) is 0 Å². The van der Waals surface area contributed by atoms with Gasteiger partial charge in [-0.1, -0.05) is 11.8 Å². The first-order valence-electron chi connectivity index (χ1n) is 14.7. The highest BCUT2D eigenvalue weighted by molar-refractivity contribution is 7.90. The van der Waals surface area contributed by atoms with Crippen LogP contribution in [0.15, 0.2) is 49.3 Å². The number of rotatable bonds is 10. The topological polar surface area (TPSA) is 147 Å². The van der Waals surface area contributed by atoms with E-state index in [1.807, 2.05) is 31.0 Å². The zero-order chi connectivity index (χ0) is 30.7. The average molecular weight is 617 g/mol.